The minimum atomic E-state index is -0.578. The van der Waals surface area contributed by atoms with Crippen molar-refractivity contribution in [1.29, 1.82) is 0 Å². The van der Waals surface area contributed by atoms with Crippen molar-refractivity contribution in [2.24, 2.45) is 9.98 Å². The fourth-order valence-electron chi connectivity index (χ4n) is 3.04. The normalized spacial score (nSPS) is 10.8. The van der Waals surface area contributed by atoms with E-state index < -0.39 is 17.9 Å². The van der Waals surface area contributed by atoms with E-state index in [1.54, 1.807) is 69.3 Å². The second-order valence-electron chi connectivity index (χ2n) is 7.54. The highest BCUT2D eigenvalue weighted by molar-refractivity contribution is 6.24. The third-order valence-electron chi connectivity index (χ3n) is 4.75. The van der Waals surface area contributed by atoms with Gasteiger partial charge in [-0.05, 0) is 69.3 Å². The van der Waals surface area contributed by atoms with E-state index in [1.165, 1.54) is 6.20 Å². The van der Waals surface area contributed by atoms with Crippen molar-refractivity contribution in [3.05, 3.63) is 60.3 Å². The maximum Gasteiger partial charge on any atom is 0.349 e. The highest BCUT2D eigenvalue weighted by Crippen LogP contribution is 2.25. The van der Waals surface area contributed by atoms with Crippen molar-refractivity contribution in [3.63, 3.8) is 0 Å². The van der Waals surface area contributed by atoms with Crippen LogP contribution in [-0.2, 0) is 23.8 Å². The Bertz CT molecular complexity index is 1340. The zero-order valence-corrected chi connectivity index (χ0v) is 21.7. The number of ether oxygens (including phenoxy) is 3. The number of aliphatic imine (C=N–C) groups is 2. The summed E-state index contributed by atoms with van der Waals surface area (Å²) in [6, 6.07) is 13.7. The number of hydrogen-bond donors (Lipinski definition) is 2. The molecule has 12 nitrogen and oxygen atoms in total. The van der Waals surface area contributed by atoms with Gasteiger partial charge < -0.3 is 24.8 Å². The maximum absolute atomic E-state index is 12.5. The third kappa shape index (κ3) is 9.04. The number of rotatable bonds is 12. The van der Waals surface area contributed by atoms with Gasteiger partial charge in [0, 0.05) is 17.6 Å². The molecule has 1 heterocycles. The van der Waals surface area contributed by atoms with Crippen molar-refractivity contribution in [2.75, 3.05) is 30.5 Å². The van der Waals surface area contributed by atoms with Crippen LogP contribution in [0.25, 0.3) is 0 Å². The molecular weight excluding hydrogens is 504 g/mol. The van der Waals surface area contributed by atoms with Crippen LogP contribution in [0.1, 0.15) is 31.1 Å². The largest absolute Gasteiger partial charge is 0.462 e. The molecule has 0 saturated heterocycles. The molecule has 2 aromatic carbocycles. The number of esters is 3. The Morgan fingerprint density at radius 1 is 0.744 bits per heavy atom. The van der Waals surface area contributed by atoms with Gasteiger partial charge in [0.05, 0.1) is 31.2 Å². The van der Waals surface area contributed by atoms with Crippen LogP contribution in [-0.4, -0.2) is 60.1 Å². The molecule has 202 valence electrons. The molecule has 0 aliphatic rings. The van der Waals surface area contributed by atoms with Crippen LogP contribution in [0, 0.1) is 0 Å². The predicted molar refractivity (Wildman–Crippen MR) is 147 cm³/mol. The van der Waals surface area contributed by atoms with Gasteiger partial charge in [-0.3, -0.25) is 0 Å². The zero-order valence-electron chi connectivity index (χ0n) is 21.7. The van der Waals surface area contributed by atoms with E-state index in [-0.39, 0.29) is 37.2 Å². The second kappa shape index (κ2) is 14.6. The summed E-state index contributed by atoms with van der Waals surface area (Å²) in [5.74, 6) is -1.17. The first-order valence-corrected chi connectivity index (χ1v) is 12.1. The minimum Gasteiger partial charge on any atom is -0.462 e. The van der Waals surface area contributed by atoms with Crippen LogP contribution in [0.4, 0.5) is 34.5 Å². The third-order valence-corrected chi connectivity index (χ3v) is 4.75. The molecule has 0 fully saturated rings. The molecule has 0 bridgehead atoms. The first kappa shape index (κ1) is 28.4. The summed E-state index contributed by atoms with van der Waals surface area (Å²) in [5, 5.41) is 6.17. The van der Waals surface area contributed by atoms with Crippen LogP contribution in [0.3, 0.4) is 0 Å². The lowest BCUT2D eigenvalue weighted by Crippen LogP contribution is -2.11. The molecule has 12 heteroatoms. The maximum atomic E-state index is 12.5. The smallest absolute Gasteiger partial charge is 0.349 e. The van der Waals surface area contributed by atoms with Crippen LogP contribution in [0.5, 0.6) is 0 Å². The summed E-state index contributed by atoms with van der Waals surface area (Å²) < 4.78 is 14.8. The Balaban J connectivity index is 1.77. The van der Waals surface area contributed by atoms with E-state index in [9.17, 15) is 14.4 Å². The summed E-state index contributed by atoms with van der Waals surface area (Å²) in [6.45, 7) is 5.87. The summed E-state index contributed by atoms with van der Waals surface area (Å²) in [6.07, 6.45) is 3.58. The molecule has 0 saturated carbocycles. The van der Waals surface area contributed by atoms with E-state index in [0.29, 0.717) is 22.7 Å². The second-order valence-corrected chi connectivity index (χ2v) is 7.54. The Morgan fingerprint density at radius 2 is 1.23 bits per heavy atom. The fourth-order valence-corrected chi connectivity index (χ4v) is 3.04. The molecule has 39 heavy (non-hydrogen) atoms. The minimum absolute atomic E-state index is 0.149. The molecule has 0 radical (unpaired) electrons. The Labute approximate surface area is 225 Å². The van der Waals surface area contributed by atoms with E-state index >= 15 is 0 Å². The lowest BCUT2D eigenvalue weighted by molar-refractivity contribution is -0.135. The monoisotopic (exact) mass is 532 g/mol. The number of hydrogen-bond acceptors (Lipinski definition) is 12. The molecule has 3 aromatic rings. The van der Waals surface area contributed by atoms with Gasteiger partial charge in [-0.1, -0.05) is 0 Å². The van der Waals surface area contributed by atoms with E-state index in [2.05, 4.69) is 30.6 Å². The standard InChI is InChI=1S/C27H28N6O6/c1-4-37-23(34)16-28-18-7-11-20(12-8-18)31-25-22(26(36)39-6-3)15-30-27(33-25)32-21-13-9-19(10-14-21)29-17-24(35)38-5-2/h7-17H,4-6H2,1-3H3,(H2,30,31,32,33). The van der Waals surface area contributed by atoms with E-state index in [1.807, 2.05) is 0 Å². The number of nitrogens with one attached hydrogen (secondary N) is 2. The molecule has 0 atom stereocenters. The topological polar surface area (TPSA) is 153 Å². The van der Waals surface area contributed by atoms with Gasteiger partial charge >= 0.3 is 17.9 Å². The number of anilines is 4. The highest BCUT2D eigenvalue weighted by atomic mass is 16.5. The molecule has 0 amide bonds. The molecule has 0 spiro atoms. The molecule has 0 aliphatic heterocycles. The fraction of sp³-hybridized carbons (Fsp3) is 0.222. The number of nitrogens with zero attached hydrogens (tertiary/aromatic N) is 4. The van der Waals surface area contributed by atoms with E-state index in [4.69, 9.17) is 14.2 Å². The highest BCUT2D eigenvalue weighted by Gasteiger charge is 2.16. The summed E-state index contributed by atoms with van der Waals surface area (Å²) in [5.41, 5.74) is 2.52. The number of benzene rings is 2. The lowest BCUT2D eigenvalue weighted by Gasteiger charge is -2.13. The van der Waals surface area contributed by atoms with Crippen molar-refractivity contribution in [3.8, 4) is 0 Å². The molecule has 3 rings (SSSR count). The first-order chi connectivity index (χ1) is 18.9. The quantitative estimate of drug-likeness (QED) is 0.191. The number of carbonyl (C=O) groups excluding carboxylic acids is 3. The van der Waals surface area contributed by atoms with E-state index in [0.717, 1.165) is 12.4 Å². The zero-order chi connectivity index (χ0) is 28.0. The Morgan fingerprint density at radius 3 is 1.72 bits per heavy atom. The van der Waals surface area contributed by atoms with Gasteiger partial charge in [0.2, 0.25) is 5.95 Å². The van der Waals surface area contributed by atoms with Crippen LogP contribution in [0.2, 0.25) is 0 Å². The summed E-state index contributed by atoms with van der Waals surface area (Å²) in [7, 11) is 0. The first-order valence-electron chi connectivity index (χ1n) is 12.1. The Hall–Kier alpha value is -5.13. The average molecular weight is 533 g/mol. The molecule has 0 aliphatic carbocycles. The molecule has 2 N–H and O–H groups in total. The van der Waals surface area contributed by atoms with Gasteiger partial charge in [0.25, 0.3) is 0 Å². The number of aromatic nitrogens is 2. The van der Waals surface area contributed by atoms with Crippen LogP contribution in [0.15, 0.2) is 64.7 Å². The van der Waals surface area contributed by atoms with Crippen LogP contribution < -0.4 is 10.6 Å². The van der Waals surface area contributed by atoms with Crippen molar-refractivity contribution in [2.45, 2.75) is 20.8 Å². The number of carbonyl (C=O) groups is 3. The van der Waals surface area contributed by atoms with Gasteiger partial charge in [-0.2, -0.15) is 4.98 Å². The average Bonchev–Trinajstić information content (AvgIpc) is 2.93. The SMILES string of the molecule is CCOC(=O)C=Nc1ccc(Nc2ncc(C(=O)OCC)c(Nc3ccc(N=CC(=O)OCC)cc3)n2)cc1. The molecular formula is C27H28N6O6. The van der Waals surface area contributed by atoms with Gasteiger partial charge in [0.15, 0.2) is 5.82 Å². The van der Waals surface area contributed by atoms with Crippen molar-refractivity contribution < 1.29 is 28.6 Å². The molecule has 0 unspecified atom stereocenters. The van der Waals surface area contributed by atoms with Gasteiger partial charge in [-0.15, -0.1) is 0 Å². The molecule has 1 aromatic heterocycles. The predicted octanol–water partition coefficient (Wildman–Crippen LogP) is 4.67. The Kier molecular flexibility index (Phi) is 10.6. The summed E-state index contributed by atoms with van der Waals surface area (Å²) >= 11 is 0. The van der Waals surface area contributed by atoms with Crippen LogP contribution >= 0.6 is 0 Å². The van der Waals surface area contributed by atoms with Crippen molar-refractivity contribution in [1.82, 2.24) is 9.97 Å². The van der Waals surface area contributed by atoms with Gasteiger partial charge in [-0.25, -0.2) is 29.4 Å². The van der Waals surface area contributed by atoms with Gasteiger partial charge in [0.1, 0.15) is 18.0 Å². The lowest BCUT2D eigenvalue weighted by atomic mass is 10.2. The summed E-state index contributed by atoms with van der Waals surface area (Å²) in [4.78, 5) is 52.2. The van der Waals surface area contributed by atoms with Crippen molar-refractivity contribution >= 4 is 64.9 Å².